The summed E-state index contributed by atoms with van der Waals surface area (Å²) in [6.07, 6.45) is 0. The lowest BCUT2D eigenvalue weighted by Gasteiger charge is -2.05. The van der Waals surface area contributed by atoms with Gasteiger partial charge in [0.05, 0.1) is 17.6 Å². The van der Waals surface area contributed by atoms with E-state index in [-0.39, 0.29) is 0 Å². The SMILES string of the molecule is S=c1[nH]c2cc(Cl)ccc2n1Cc1ccc(Br)cc1. The average molecular weight is 354 g/mol. The first kappa shape index (κ1) is 12.9. The fourth-order valence-corrected chi connectivity index (χ4v) is 2.77. The van der Waals surface area contributed by atoms with Crippen LogP contribution in [0.3, 0.4) is 0 Å². The number of nitrogens with zero attached hydrogens (tertiary/aromatic N) is 1. The van der Waals surface area contributed by atoms with Gasteiger partial charge in [0.1, 0.15) is 0 Å². The van der Waals surface area contributed by atoms with Gasteiger partial charge in [-0.3, -0.25) is 0 Å². The molecule has 1 N–H and O–H groups in total. The van der Waals surface area contributed by atoms with E-state index in [4.69, 9.17) is 23.8 Å². The normalized spacial score (nSPS) is 11.1. The summed E-state index contributed by atoms with van der Waals surface area (Å²) >= 11 is 14.8. The second-order valence-electron chi connectivity index (χ2n) is 4.30. The van der Waals surface area contributed by atoms with Gasteiger partial charge in [0.15, 0.2) is 4.77 Å². The van der Waals surface area contributed by atoms with Gasteiger partial charge in [-0.25, -0.2) is 0 Å². The summed E-state index contributed by atoms with van der Waals surface area (Å²) in [6, 6.07) is 14.0. The molecule has 2 aromatic carbocycles. The zero-order valence-corrected chi connectivity index (χ0v) is 13.0. The van der Waals surface area contributed by atoms with Crippen LogP contribution < -0.4 is 0 Å². The second kappa shape index (κ2) is 5.12. The Kier molecular flexibility index (Phi) is 3.48. The Hall–Kier alpha value is -1.10. The summed E-state index contributed by atoms with van der Waals surface area (Å²) in [6.45, 7) is 0.744. The maximum Gasteiger partial charge on any atom is 0.178 e. The molecule has 0 bridgehead atoms. The topological polar surface area (TPSA) is 20.7 Å². The fourth-order valence-electron chi connectivity index (χ4n) is 2.07. The molecule has 3 aromatic rings. The van der Waals surface area contributed by atoms with Gasteiger partial charge in [0.25, 0.3) is 0 Å². The molecule has 0 aliphatic heterocycles. The molecule has 19 heavy (non-hydrogen) atoms. The van der Waals surface area contributed by atoms with Gasteiger partial charge in [-0.1, -0.05) is 39.7 Å². The van der Waals surface area contributed by atoms with Crippen molar-refractivity contribution in [3.05, 3.63) is 62.3 Å². The van der Waals surface area contributed by atoms with Gasteiger partial charge >= 0.3 is 0 Å². The van der Waals surface area contributed by atoms with E-state index in [1.165, 1.54) is 5.56 Å². The summed E-state index contributed by atoms with van der Waals surface area (Å²) in [5, 5.41) is 0.708. The molecular formula is C14H10BrClN2S. The van der Waals surface area contributed by atoms with Crippen LogP contribution in [-0.2, 0) is 6.54 Å². The van der Waals surface area contributed by atoms with Crippen LogP contribution in [0.2, 0.25) is 5.02 Å². The Morgan fingerprint density at radius 1 is 1.16 bits per heavy atom. The third-order valence-corrected chi connectivity index (χ3v) is 4.08. The molecule has 0 aliphatic carbocycles. The standard InChI is InChI=1S/C14H10BrClN2S/c15-10-3-1-9(2-4-10)8-18-13-6-5-11(16)7-12(13)17-14(18)19/h1-7H,8H2,(H,17,19). The lowest BCUT2D eigenvalue weighted by atomic mass is 10.2. The average Bonchev–Trinajstić information content (AvgIpc) is 2.68. The van der Waals surface area contributed by atoms with Gasteiger partial charge in [-0.05, 0) is 48.1 Å². The summed E-state index contributed by atoms with van der Waals surface area (Å²) < 4.78 is 3.86. The zero-order chi connectivity index (χ0) is 13.4. The molecule has 0 amide bonds. The number of hydrogen-bond donors (Lipinski definition) is 1. The van der Waals surface area contributed by atoms with Crippen molar-refractivity contribution < 1.29 is 0 Å². The predicted octanol–water partition coefficient (Wildman–Crippen LogP) is 5.16. The molecule has 3 rings (SSSR count). The molecule has 1 heterocycles. The third-order valence-electron chi connectivity index (χ3n) is 2.99. The number of halogens is 2. The quantitative estimate of drug-likeness (QED) is 0.631. The molecule has 0 unspecified atom stereocenters. The van der Waals surface area contributed by atoms with E-state index in [0.29, 0.717) is 9.79 Å². The maximum atomic E-state index is 5.99. The van der Waals surface area contributed by atoms with Crippen LogP contribution in [0.5, 0.6) is 0 Å². The Morgan fingerprint density at radius 3 is 2.63 bits per heavy atom. The minimum absolute atomic E-state index is 0.708. The first-order valence-electron chi connectivity index (χ1n) is 5.76. The van der Waals surface area contributed by atoms with E-state index >= 15 is 0 Å². The fraction of sp³-hybridized carbons (Fsp3) is 0.0714. The Morgan fingerprint density at radius 2 is 1.89 bits per heavy atom. The zero-order valence-electron chi connectivity index (χ0n) is 9.86. The molecule has 0 spiro atoms. The number of aromatic nitrogens is 2. The molecular weight excluding hydrogens is 344 g/mol. The van der Waals surface area contributed by atoms with Crippen LogP contribution in [-0.4, -0.2) is 9.55 Å². The summed E-state index contributed by atoms with van der Waals surface area (Å²) in [4.78, 5) is 3.18. The monoisotopic (exact) mass is 352 g/mol. The predicted molar refractivity (Wildman–Crippen MR) is 85.4 cm³/mol. The number of rotatable bonds is 2. The summed E-state index contributed by atoms with van der Waals surface area (Å²) in [5.74, 6) is 0. The van der Waals surface area contributed by atoms with Crippen LogP contribution >= 0.6 is 39.7 Å². The molecule has 0 fully saturated rings. The van der Waals surface area contributed by atoms with Crippen LogP contribution in [0, 0.1) is 4.77 Å². The number of benzene rings is 2. The smallest absolute Gasteiger partial charge is 0.178 e. The Labute approximate surface area is 129 Å². The summed E-state index contributed by atoms with van der Waals surface area (Å²) in [5.41, 5.74) is 3.24. The third kappa shape index (κ3) is 2.61. The summed E-state index contributed by atoms with van der Waals surface area (Å²) in [7, 11) is 0. The van der Waals surface area contributed by atoms with E-state index in [1.54, 1.807) is 0 Å². The van der Waals surface area contributed by atoms with Crippen molar-refractivity contribution in [2.24, 2.45) is 0 Å². The molecule has 0 saturated carbocycles. The molecule has 0 aliphatic rings. The number of hydrogen-bond acceptors (Lipinski definition) is 1. The number of nitrogens with one attached hydrogen (secondary N) is 1. The number of imidazole rings is 1. The minimum atomic E-state index is 0.708. The molecule has 0 saturated heterocycles. The van der Waals surface area contributed by atoms with Crippen molar-refractivity contribution in [2.75, 3.05) is 0 Å². The highest BCUT2D eigenvalue weighted by molar-refractivity contribution is 9.10. The molecule has 2 nitrogen and oxygen atoms in total. The Balaban J connectivity index is 2.07. The van der Waals surface area contributed by atoms with Crippen molar-refractivity contribution in [1.29, 1.82) is 0 Å². The Bertz CT molecular complexity index is 789. The molecule has 5 heteroatoms. The van der Waals surface area contributed by atoms with Crippen molar-refractivity contribution >= 4 is 50.8 Å². The number of fused-ring (bicyclic) bond motifs is 1. The van der Waals surface area contributed by atoms with Gasteiger partial charge in [-0.2, -0.15) is 0 Å². The molecule has 1 aromatic heterocycles. The number of aromatic amines is 1. The lowest BCUT2D eigenvalue weighted by molar-refractivity contribution is 0.810. The highest BCUT2D eigenvalue weighted by Crippen LogP contribution is 2.20. The van der Waals surface area contributed by atoms with E-state index in [9.17, 15) is 0 Å². The van der Waals surface area contributed by atoms with Gasteiger partial charge in [-0.15, -0.1) is 0 Å². The maximum absolute atomic E-state index is 5.99. The van der Waals surface area contributed by atoms with Crippen LogP contribution in [0.15, 0.2) is 46.9 Å². The first-order valence-corrected chi connectivity index (χ1v) is 7.34. The molecule has 96 valence electrons. The second-order valence-corrected chi connectivity index (χ2v) is 6.04. The van der Waals surface area contributed by atoms with E-state index in [1.807, 2.05) is 30.3 Å². The first-order chi connectivity index (χ1) is 9.13. The minimum Gasteiger partial charge on any atom is -0.331 e. The van der Waals surface area contributed by atoms with Crippen molar-refractivity contribution in [1.82, 2.24) is 9.55 Å². The highest BCUT2D eigenvalue weighted by Gasteiger charge is 2.05. The van der Waals surface area contributed by atoms with Crippen LogP contribution in [0.25, 0.3) is 11.0 Å². The highest BCUT2D eigenvalue weighted by atomic mass is 79.9. The molecule has 0 radical (unpaired) electrons. The largest absolute Gasteiger partial charge is 0.331 e. The van der Waals surface area contributed by atoms with Crippen molar-refractivity contribution in [2.45, 2.75) is 6.54 Å². The van der Waals surface area contributed by atoms with Gasteiger partial charge in [0.2, 0.25) is 0 Å². The van der Waals surface area contributed by atoms with Crippen molar-refractivity contribution in [3.8, 4) is 0 Å². The molecule has 0 atom stereocenters. The van der Waals surface area contributed by atoms with Crippen LogP contribution in [0.4, 0.5) is 0 Å². The van der Waals surface area contributed by atoms with Gasteiger partial charge in [0, 0.05) is 9.50 Å². The van der Waals surface area contributed by atoms with Crippen LogP contribution in [0.1, 0.15) is 5.56 Å². The van der Waals surface area contributed by atoms with E-state index < -0.39 is 0 Å². The van der Waals surface area contributed by atoms with E-state index in [0.717, 1.165) is 22.1 Å². The number of H-pyrrole nitrogens is 1. The van der Waals surface area contributed by atoms with Gasteiger partial charge < -0.3 is 9.55 Å². The lowest BCUT2D eigenvalue weighted by Crippen LogP contribution is -1.99. The van der Waals surface area contributed by atoms with E-state index in [2.05, 4.69) is 37.6 Å². The van der Waals surface area contributed by atoms with Crippen molar-refractivity contribution in [3.63, 3.8) is 0 Å².